The van der Waals surface area contributed by atoms with Crippen LogP contribution in [0.3, 0.4) is 0 Å². The highest BCUT2D eigenvalue weighted by Gasteiger charge is 2.59. The molecule has 8 rings (SSSR count). The number of phenols is 4. The van der Waals surface area contributed by atoms with Crippen LogP contribution in [-0.2, 0) is 22.5 Å². The monoisotopic (exact) mass is 604 g/mol. The van der Waals surface area contributed by atoms with Gasteiger partial charge in [0, 0.05) is 36.8 Å². The van der Waals surface area contributed by atoms with Crippen molar-refractivity contribution in [3.63, 3.8) is 0 Å². The van der Waals surface area contributed by atoms with Crippen molar-refractivity contribution < 1.29 is 35.2 Å². The molecule has 44 heavy (non-hydrogen) atoms. The third-order valence-electron chi connectivity index (χ3n) is 11.7. The first-order valence-electron chi connectivity index (χ1n) is 15.8. The van der Waals surface area contributed by atoms with E-state index in [4.69, 9.17) is 9.68 Å². The average molecular weight is 605 g/mol. The number of phenolic OH excluding ortho intramolecular Hbond substituents is 4. The van der Waals surface area contributed by atoms with E-state index in [2.05, 4.69) is 53.7 Å². The Morgan fingerprint density at radius 3 is 1.32 bits per heavy atom. The molecule has 0 aromatic heterocycles. The van der Waals surface area contributed by atoms with E-state index in [1.165, 1.54) is 23.3 Å². The molecule has 8 heteroatoms. The lowest BCUT2D eigenvalue weighted by molar-refractivity contribution is -0.994. The van der Waals surface area contributed by atoms with Gasteiger partial charge in [0.25, 0.3) is 0 Å². The zero-order valence-electron chi connectivity index (χ0n) is 26.5. The molecule has 0 heterocycles. The summed E-state index contributed by atoms with van der Waals surface area (Å²) in [6.07, 6.45) is 5.88. The molecule has 2 saturated carbocycles. The lowest BCUT2D eigenvalue weighted by atomic mass is 9.45. The first-order chi connectivity index (χ1) is 20.6. The molecule has 0 radical (unpaired) electrons. The molecule has 4 bridgehead atoms. The smallest absolute Gasteiger partial charge is 0.478 e. The van der Waals surface area contributed by atoms with E-state index >= 15 is 0 Å². The molecule has 2 unspecified atom stereocenters. The van der Waals surface area contributed by atoms with E-state index in [1.54, 1.807) is 24.3 Å². The van der Waals surface area contributed by atoms with Crippen molar-refractivity contribution in [3.05, 3.63) is 75.7 Å². The van der Waals surface area contributed by atoms with Crippen molar-refractivity contribution in [1.82, 2.24) is 0 Å². The van der Waals surface area contributed by atoms with Crippen LogP contribution in [0.5, 0.6) is 23.0 Å². The summed E-state index contributed by atoms with van der Waals surface area (Å²) in [5.41, 5.74) is 4.03. The highest BCUT2D eigenvalue weighted by atomic mass is 17.0. The molecule has 0 amide bonds. The fourth-order valence-electron chi connectivity index (χ4n) is 9.32. The molecular formula is C36H46NO7+. The van der Waals surface area contributed by atoms with Gasteiger partial charge in [0.05, 0.1) is 0 Å². The van der Waals surface area contributed by atoms with Crippen LogP contribution < -0.4 is 0 Å². The second kappa shape index (κ2) is 10.7. The van der Waals surface area contributed by atoms with Crippen molar-refractivity contribution in [1.29, 1.82) is 0 Å². The van der Waals surface area contributed by atoms with Gasteiger partial charge in [0.2, 0.25) is 0 Å². The zero-order chi connectivity index (χ0) is 31.7. The summed E-state index contributed by atoms with van der Waals surface area (Å²) in [4.78, 5) is 26.1. The summed E-state index contributed by atoms with van der Waals surface area (Å²) < 4.78 is 0. The predicted molar refractivity (Wildman–Crippen MR) is 166 cm³/mol. The van der Waals surface area contributed by atoms with Crippen LogP contribution in [0.4, 0.5) is 0 Å². The van der Waals surface area contributed by atoms with Gasteiger partial charge in [0.15, 0.2) is 12.2 Å². The topological polar surface area (TPSA) is 119 Å². The molecule has 8 nitrogen and oxygen atoms in total. The molecule has 4 N–H and O–H groups in total. The number of rotatable bonds is 10. The third kappa shape index (κ3) is 5.30. The van der Waals surface area contributed by atoms with Crippen molar-refractivity contribution in [2.24, 2.45) is 46.3 Å². The average Bonchev–Trinajstić information content (AvgIpc) is 2.90. The molecule has 236 valence electrons. The normalized spacial score (nSPS) is 30.5. The summed E-state index contributed by atoms with van der Waals surface area (Å²) in [5, 5.41) is 40.9. The minimum atomic E-state index is -0.604. The van der Waals surface area contributed by atoms with E-state index in [0.717, 1.165) is 12.8 Å². The Morgan fingerprint density at radius 2 is 1.02 bits per heavy atom. The summed E-state index contributed by atoms with van der Waals surface area (Å²) in [6, 6.07) is 8.90. The molecular weight excluding hydrogens is 558 g/mol. The largest absolute Gasteiger partial charge is 0.508 e. The van der Waals surface area contributed by atoms with Crippen molar-refractivity contribution in [3.8, 4) is 23.0 Å². The van der Waals surface area contributed by atoms with Gasteiger partial charge in [-0.05, 0) is 96.6 Å². The lowest BCUT2D eigenvalue weighted by Crippen LogP contribution is -2.56. The molecule has 2 aromatic rings. The molecule has 2 aromatic carbocycles. The minimum Gasteiger partial charge on any atom is -0.508 e. The summed E-state index contributed by atoms with van der Waals surface area (Å²) >= 11 is 0. The quantitative estimate of drug-likeness (QED) is 0.168. The van der Waals surface area contributed by atoms with Crippen LogP contribution in [0, 0.1) is 51.2 Å². The number of fused-ring (bicyclic) bond motifs is 2. The van der Waals surface area contributed by atoms with Crippen LogP contribution in [0.15, 0.2) is 59.7 Å². The first-order valence-corrected chi connectivity index (χ1v) is 15.8. The van der Waals surface area contributed by atoms with E-state index in [-0.39, 0.29) is 50.8 Å². The second-order valence-electron chi connectivity index (χ2n) is 15.0. The molecule has 0 spiro atoms. The maximum atomic E-state index is 13.8. The summed E-state index contributed by atoms with van der Waals surface area (Å²) in [6.45, 7) is 13.4. The van der Waals surface area contributed by atoms with E-state index < -0.39 is 12.2 Å². The van der Waals surface area contributed by atoms with Crippen molar-refractivity contribution >= 4 is 0 Å². The van der Waals surface area contributed by atoms with Crippen LogP contribution in [0.1, 0.15) is 65.5 Å². The maximum absolute atomic E-state index is 13.8. The Labute approximate surface area is 259 Å². The van der Waals surface area contributed by atoms with E-state index in [9.17, 15) is 25.3 Å². The number of aromatic hydroxyl groups is 4. The summed E-state index contributed by atoms with van der Waals surface area (Å²) in [7, 11) is 0. The molecule has 8 atom stereocenters. The first kappa shape index (κ1) is 30.4. The van der Waals surface area contributed by atoms with Gasteiger partial charge in [-0.15, -0.1) is 0 Å². The van der Waals surface area contributed by atoms with E-state index in [1.807, 2.05) is 0 Å². The van der Waals surface area contributed by atoms with Gasteiger partial charge >= 0.3 is 5.09 Å². The Bertz CT molecular complexity index is 1370. The van der Waals surface area contributed by atoms with Gasteiger partial charge in [-0.1, -0.05) is 51.0 Å². The van der Waals surface area contributed by atoms with Crippen LogP contribution in [-0.4, -0.2) is 37.7 Å². The van der Waals surface area contributed by atoms with E-state index in [0.29, 0.717) is 47.6 Å². The zero-order valence-corrected chi connectivity index (χ0v) is 26.5. The Balaban J connectivity index is 1.29. The lowest BCUT2D eigenvalue weighted by Gasteiger charge is -2.59. The van der Waals surface area contributed by atoms with Crippen LogP contribution in [0.25, 0.3) is 0 Å². The number of hydrogen-bond acceptors (Lipinski definition) is 7. The second-order valence-corrected chi connectivity index (χ2v) is 15.0. The Hall–Kier alpha value is -3.68. The minimum absolute atomic E-state index is 0.0521. The van der Waals surface area contributed by atoms with Crippen LogP contribution in [0.2, 0.25) is 0 Å². The van der Waals surface area contributed by atoms with Crippen molar-refractivity contribution in [2.75, 3.05) is 0 Å². The van der Waals surface area contributed by atoms with Crippen molar-refractivity contribution in [2.45, 2.75) is 79.4 Å². The Morgan fingerprint density at radius 1 is 0.682 bits per heavy atom. The fourth-order valence-corrected chi connectivity index (χ4v) is 9.32. The third-order valence-corrected chi connectivity index (χ3v) is 11.7. The molecule has 0 aliphatic heterocycles. The highest BCUT2D eigenvalue weighted by Crippen LogP contribution is 2.63. The molecule has 6 aliphatic rings. The maximum Gasteiger partial charge on any atom is 0.478 e. The molecule has 6 aliphatic carbocycles. The number of benzene rings is 2. The number of hydrogen-bond donors (Lipinski definition) is 4. The SMILES string of the molecule is CC1=C[C@H](C(Cc2cc(O)cc(O)c2)O[N+](=O)OC(Cc2cc(O)cc(O)c2)[C@H]2C=C(C)[C@@H]3C[C@@H]2C3(C)C)[C@@H]2C[C@@H]1C2(C)C. The highest BCUT2D eigenvalue weighted by molar-refractivity contribution is 5.38. The summed E-state index contributed by atoms with van der Waals surface area (Å²) in [5.74, 6) is 1.29. The van der Waals surface area contributed by atoms with Gasteiger partial charge in [-0.2, -0.15) is 9.68 Å². The number of allylic oxidation sites excluding steroid dienone is 2. The van der Waals surface area contributed by atoms with Gasteiger partial charge in [-0.3, -0.25) is 0 Å². The fraction of sp³-hybridized carbons (Fsp3) is 0.556. The molecule has 2 fully saturated rings. The van der Waals surface area contributed by atoms with Gasteiger partial charge in [-0.25, -0.2) is 0 Å². The predicted octanol–water partition coefficient (Wildman–Crippen LogP) is 7.15. The Kier molecular flexibility index (Phi) is 7.41. The number of nitrogens with zero attached hydrogens (tertiary/aromatic N) is 1. The van der Waals surface area contributed by atoms with Gasteiger partial charge < -0.3 is 20.4 Å². The van der Waals surface area contributed by atoms with Crippen LogP contribution >= 0.6 is 0 Å². The molecule has 0 saturated heterocycles. The standard InChI is InChI=1S/C36H45NO7/c1-19-7-27(31-17-29(19)35(31,3)4)33(13-21-9-23(38)15-24(39)10-21)43-37(42)44-34(14-22-11-25(40)16-26(41)12-22)28-8-20(2)30-18-32(28)36(30,5)6/h7-12,15-16,27-34H,13-14,17-18H2,1-6H3,(H3-,38,39,40,41)/p+1/t27-,28-,29-,30-,31-,32-,33?,34?/m0/s1. The van der Waals surface area contributed by atoms with Gasteiger partial charge in [0.1, 0.15) is 27.9 Å².